The van der Waals surface area contributed by atoms with E-state index in [9.17, 15) is 14.4 Å². The SMILES string of the molecule is COC(=O)c1cc(NC(=O)/C=C/c2c(C)cc(OC)cc2C)cc(C(=O)OC)c1. The quantitative estimate of drug-likeness (QED) is 0.592. The van der Waals surface area contributed by atoms with Gasteiger partial charge in [-0.2, -0.15) is 0 Å². The minimum absolute atomic E-state index is 0.122. The van der Waals surface area contributed by atoms with E-state index in [-0.39, 0.29) is 16.8 Å². The Balaban J connectivity index is 2.27. The highest BCUT2D eigenvalue weighted by Gasteiger charge is 2.14. The number of amides is 1. The molecule has 0 aliphatic carbocycles. The molecule has 7 nitrogen and oxygen atoms in total. The normalized spacial score (nSPS) is 10.5. The predicted octanol–water partition coefficient (Wildman–Crippen LogP) is 3.54. The maximum absolute atomic E-state index is 12.4. The maximum atomic E-state index is 12.4. The van der Waals surface area contributed by atoms with Crippen molar-refractivity contribution < 1.29 is 28.6 Å². The van der Waals surface area contributed by atoms with Crippen LogP contribution in [0.5, 0.6) is 5.75 Å². The van der Waals surface area contributed by atoms with Crippen LogP contribution in [0.3, 0.4) is 0 Å². The molecule has 0 aliphatic heterocycles. The first-order chi connectivity index (χ1) is 13.8. The fourth-order valence-electron chi connectivity index (χ4n) is 2.83. The van der Waals surface area contributed by atoms with E-state index in [4.69, 9.17) is 4.74 Å². The number of methoxy groups -OCH3 is 3. The van der Waals surface area contributed by atoms with Crippen LogP contribution in [-0.2, 0) is 14.3 Å². The highest BCUT2D eigenvalue weighted by atomic mass is 16.5. The van der Waals surface area contributed by atoms with Crippen molar-refractivity contribution in [1.82, 2.24) is 0 Å². The van der Waals surface area contributed by atoms with Gasteiger partial charge in [0.05, 0.1) is 32.5 Å². The molecule has 0 fully saturated rings. The van der Waals surface area contributed by atoms with E-state index in [1.54, 1.807) is 13.2 Å². The van der Waals surface area contributed by atoms with Crippen LogP contribution in [0.1, 0.15) is 37.4 Å². The lowest BCUT2D eigenvalue weighted by Crippen LogP contribution is -2.12. The molecule has 0 saturated carbocycles. The second kappa shape index (κ2) is 9.54. The van der Waals surface area contributed by atoms with Crippen molar-refractivity contribution in [2.24, 2.45) is 0 Å². The molecule has 0 unspecified atom stereocenters. The number of hydrogen-bond donors (Lipinski definition) is 1. The summed E-state index contributed by atoms with van der Waals surface area (Å²) in [7, 11) is 4.06. The number of ether oxygens (including phenoxy) is 3. The Bertz CT molecular complexity index is 920. The van der Waals surface area contributed by atoms with Gasteiger partial charge >= 0.3 is 11.9 Å². The Labute approximate surface area is 169 Å². The third kappa shape index (κ3) is 5.44. The van der Waals surface area contributed by atoms with Crippen molar-refractivity contribution >= 4 is 29.6 Å². The van der Waals surface area contributed by atoms with Gasteiger partial charge in [0, 0.05) is 11.8 Å². The van der Waals surface area contributed by atoms with Crippen molar-refractivity contribution in [3.05, 3.63) is 64.2 Å². The molecule has 1 amide bonds. The van der Waals surface area contributed by atoms with Gasteiger partial charge in [0.2, 0.25) is 5.91 Å². The Hall–Kier alpha value is -3.61. The summed E-state index contributed by atoms with van der Waals surface area (Å²) in [5.41, 5.74) is 3.34. The second-order valence-electron chi connectivity index (χ2n) is 6.28. The fraction of sp³-hybridized carbons (Fsp3) is 0.227. The molecule has 0 atom stereocenters. The van der Waals surface area contributed by atoms with E-state index >= 15 is 0 Å². The number of carbonyl (C=O) groups excluding carboxylic acids is 3. The maximum Gasteiger partial charge on any atom is 0.337 e. The molecule has 2 rings (SSSR count). The summed E-state index contributed by atoms with van der Waals surface area (Å²) < 4.78 is 14.6. The number of aryl methyl sites for hydroxylation is 2. The number of nitrogens with one attached hydrogen (secondary N) is 1. The van der Waals surface area contributed by atoms with E-state index < -0.39 is 17.8 Å². The van der Waals surface area contributed by atoms with Gasteiger partial charge < -0.3 is 19.5 Å². The van der Waals surface area contributed by atoms with Gasteiger partial charge in [-0.05, 0) is 66.9 Å². The molecule has 0 aromatic heterocycles. The molecule has 0 spiro atoms. The van der Waals surface area contributed by atoms with Gasteiger partial charge in [-0.15, -0.1) is 0 Å². The van der Waals surface area contributed by atoms with Crippen molar-refractivity contribution in [2.45, 2.75) is 13.8 Å². The lowest BCUT2D eigenvalue weighted by Gasteiger charge is -2.10. The summed E-state index contributed by atoms with van der Waals surface area (Å²) in [6.07, 6.45) is 3.08. The monoisotopic (exact) mass is 397 g/mol. The van der Waals surface area contributed by atoms with Gasteiger partial charge in [0.25, 0.3) is 0 Å². The number of carbonyl (C=O) groups is 3. The van der Waals surface area contributed by atoms with Gasteiger partial charge in [0.1, 0.15) is 5.75 Å². The number of anilines is 1. The molecule has 1 N–H and O–H groups in total. The largest absolute Gasteiger partial charge is 0.497 e. The molecule has 0 aliphatic rings. The molecule has 7 heteroatoms. The van der Waals surface area contributed by atoms with Crippen LogP contribution in [0.15, 0.2) is 36.4 Å². The van der Waals surface area contributed by atoms with Gasteiger partial charge in [-0.25, -0.2) is 9.59 Å². The molecule has 2 aromatic carbocycles. The first-order valence-electron chi connectivity index (χ1n) is 8.75. The Morgan fingerprint density at radius 3 is 1.79 bits per heavy atom. The molecule has 2 aromatic rings. The van der Waals surface area contributed by atoms with Gasteiger partial charge in [-0.1, -0.05) is 0 Å². The average Bonchev–Trinajstić information content (AvgIpc) is 2.71. The van der Waals surface area contributed by atoms with Crippen molar-refractivity contribution in [2.75, 3.05) is 26.6 Å². The van der Waals surface area contributed by atoms with Crippen LogP contribution in [0.4, 0.5) is 5.69 Å². The number of rotatable bonds is 6. The summed E-state index contributed by atoms with van der Waals surface area (Å²) in [4.78, 5) is 36.1. The molecule has 29 heavy (non-hydrogen) atoms. The van der Waals surface area contributed by atoms with E-state index in [0.29, 0.717) is 0 Å². The molecular weight excluding hydrogens is 374 g/mol. The molecular formula is C22H23NO6. The number of benzene rings is 2. The third-order valence-corrected chi connectivity index (χ3v) is 4.25. The average molecular weight is 397 g/mol. The second-order valence-corrected chi connectivity index (χ2v) is 6.28. The summed E-state index contributed by atoms with van der Waals surface area (Å²) in [5, 5.41) is 2.65. The number of hydrogen-bond acceptors (Lipinski definition) is 6. The molecule has 152 valence electrons. The van der Waals surface area contributed by atoms with E-state index in [1.165, 1.54) is 38.5 Å². The highest BCUT2D eigenvalue weighted by molar-refractivity contribution is 6.04. The Kier molecular flexibility index (Phi) is 7.14. The first-order valence-corrected chi connectivity index (χ1v) is 8.75. The smallest absolute Gasteiger partial charge is 0.337 e. The van der Waals surface area contributed by atoms with Crippen LogP contribution < -0.4 is 10.1 Å². The Morgan fingerprint density at radius 2 is 1.34 bits per heavy atom. The molecule has 0 saturated heterocycles. The summed E-state index contributed by atoms with van der Waals surface area (Å²) in [6.45, 7) is 3.85. The first kappa shape index (κ1) is 21.7. The highest BCUT2D eigenvalue weighted by Crippen LogP contribution is 2.23. The van der Waals surface area contributed by atoms with Gasteiger partial charge in [-0.3, -0.25) is 4.79 Å². The minimum atomic E-state index is -0.633. The topological polar surface area (TPSA) is 90.9 Å². The van der Waals surface area contributed by atoms with Crippen LogP contribution >= 0.6 is 0 Å². The third-order valence-electron chi connectivity index (χ3n) is 4.25. The van der Waals surface area contributed by atoms with Crippen LogP contribution in [0, 0.1) is 13.8 Å². The van der Waals surface area contributed by atoms with E-state index in [2.05, 4.69) is 14.8 Å². The molecule has 0 heterocycles. The lowest BCUT2D eigenvalue weighted by atomic mass is 10.0. The van der Waals surface area contributed by atoms with Crippen molar-refractivity contribution in [1.29, 1.82) is 0 Å². The minimum Gasteiger partial charge on any atom is -0.497 e. The molecule has 0 bridgehead atoms. The van der Waals surface area contributed by atoms with Gasteiger partial charge in [0.15, 0.2) is 0 Å². The lowest BCUT2D eigenvalue weighted by molar-refractivity contribution is -0.111. The Morgan fingerprint density at radius 1 is 0.828 bits per heavy atom. The fourth-order valence-corrected chi connectivity index (χ4v) is 2.83. The van der Waals surface area contributed by atoms with Crippen LogP contribution in [-0.4, -0.2) is 39.2 Å². The summed E-state index contributed by atoms with van der Waals surface area (Å²) in [6, 6.07) is 7.95. The predicted molar refractivity (Wildman–Crippen MR) is 109 cm³/mol. The van der Waals surface area contributed by atoms with Crippen molar-refractivity contribution in [3.63, 3.8) is 0 Å². The zero-order valence-electron chi connectivity index (χ0n) is 17.0. The van der Waals surface area contributed by atoms with Crippen LogP contribution in [0.2, 0.25) is 0 Å². The summed E-state index contributed by atoms with van der Waals surface area (Å²) in [5.74, 6) is -0.938. The van der Waals surface area contributed by atoms with E-state index in [1.807, 2.05) is 26.0 Å². The summed E-state index contributed by atoms with van der Waals surface area (Å²) >= 11 is 0. The standard InChI is InChI=1S/C22H23NO6/c1-13-8-18(27-3)9-14(2)19(13)6-7-20(24)23-17-11-15(21(25)28-4)10-16(12-17)22(26)29-5/h6-12H,1-5H3,(H,23,24)/b7-6+. The van der Waals surface area contributed by atoms with E-state index in [0.717, 1.165) is 22.4 Å². The molecule has 0 radical (unpaired) electrons. The van der Waals surface area contributed by atoms with Crippen molar-refractivity contribution in [3.8, 4) is 5.75 Å². The number of esters is 2. The zero-order chi connectivity index (χ0) is 21.6. The zero-order valence-corrected chi connectivity index (χ0v) is 17.0. The van der Waals surface area contributed by atoms with Crippen LogP contribution in [0.25, 0.3) is 6.08 Å².